The molecule has 0 fully saturated rings. The van der Waals surface area contributed by atoms with Crippen LogP contribution in [0.15, 0.2) is 97.1 Å². The molecule has 2 unspecified atom stereocenters. The molecular weight excluding hydrogens is 653 g/mol. The first-order valence-corrected chi connectivity index (χ1v) is 22.5. The molecule has 0 aliphatic rings. The fourth-order valence-electron chi connectivity index (χ4n) is 8.30. The van der Waals surface area contributed by atoms with Gasteiger partial charge in [0.1, 0.15) is 0 Å². The molecule has 0 bridgehead atoms. The topological polar surface area (TPSA) is 52.0 Å². The Balaban J connectivity index is 1.27. The molecule has 2 heteroatoms. The van der Waals surface area contributed by atoms with E-state index in [-0.39, 0.29) is 0 Å². The van der Waals surface area contributed by atoms with Gasteiger partial charge in [0.2, 0.25) is 0 Å². The maximum atomic E-state index is 6.07. The lowest BCUT2D eigenvalue weighted by molar-refractivity contribution is 0.540. The number of hydrogen-bond acceptors (Lipinski definition) is 2. The van der Waals surface area contributed by atoms with Gasteiger partial charge in [0.15, 0.2) is 0 Å². The van der Waals surface area contributed by atoms with Crippen LogP contribution in [0.4, 0.5) is 11.4 Å². The van der Waals surface area contributed by atoms with Crippen molar-refractivity contribution in [3.05, 3.63) is 130 Å². The smallest absolute Gasteiger partial charge is 0.0314 e. The number of aryl methyl sites for hydroxylation is 2. The second-order valence-electron chi connectivity index (χ2n) is 16.4. The minimum Gasteiger partial charge on any atom is -0.399 e. The molecule has 54 heavy (non-hydrogen) atoms. The fraction of sp³-hybridized carbons (Fsp3) is 0.538. The Kier molecular flexibility index (Phi) is 21.1. The van der Waals surface area contributed by atoms with Gasteiger partial charge < -0.3 is 11.5 Å². The molecule has 0 saturated carbocycles. The van der Waals surface area contributed by atoms with Crippen LogP contribution in [-0.2, 0) is 12.8 Å². The van der Waals surface area contributed by atoms with Crippen molar-refractivity contribution < 1.29 is 0 Å². The third-order valence-corrected chi connectivity index (χ3v) is 11.8. The quantitative estimate of drug-likeness (QED) is 0.0432. The van der Waals surface area contributed by atoms with Crippen molar-refractivity contribution in [1.82, 2.24) is 0 Å². The van der Waals surface area contributed by atoms with Gasteiger partial charge in [-0.1, -0.05) is 215 Å². The monoisotopic (exact) mass is 729 g/mol. The van der Waals surface area contributed by atoms with Gasteiger partial charge in [0.25, 0.3) is 0 Å². The van der Waals surface area contributed by atoms with Gasteiger partial charge in [-0.3, -0.25) is 0 Å². The third-order valence-electron chi connectivity index (χ3n) is 11.8. The average molecular weight is 729 g/mol. The molecule has 0 aliphatic heterocycles. The molecule has 4 aromatic rings. The highest BCUT2D eigenvalue weighted by atomic mass is 14.5. The van der Waals surface area contributed by atoms with Gasteiger partial charge in [-0.05, 0) is 83.3 Å². The minimum atomic E-state index is 0.426. The van der Waals surface area contributed by atoms with Crippen molar-refractivity contribution in [2.45, 2.75) is 180 Å². The summed E-state index contributed by atoms with van der Waals surface area (Å²) in [6.45, 7) is 4.59. The van der Waals surface area contributed by atoms with Crippen LogP contribution in [0.1, 0.15) is 200 Å². The Labute approximate surface area is 332 Å². The molecule has 4 rings (SSSR count). The van der Waals surface area contributed by atoms with Crippen LogP contribution in [0.5, 0.6) is 0 Å². The van der Waals surface area contributed by atoms with Crippen LogP contribution in [0.3, 0.4) is 0 Å². The van der Waals surface area contributed by atoms with Crippen molar-refractivity contribution in [1.29, 1.82) is 0 Å². The van der Waals surface area contributed by atoms with E-state index in [1.54, 1.807) is 0 Å². The van der Waals surface area contributed by atoms with Crippen LogP contribution in [0, 0.1) is 0 Å². The fourth-order valence-corrected chi connectivity index (χ4v) is 8.30. The molecule has 2 nitrogen and oxygen atoms in total. The standard InChI is InChI=1S/C52H76N2/c1-3-5-7-9-11-13-15-17-19-21-23-51(47-35-39-49(53)40-36-47)45-31-27-43(28-32-45)25-26-44-29-33-46(34-30-44)52(48-37-41-50(54)42-38-48)24-22-20-18-16-14-12-10-8-6-4-2/h27-42,51-52H,3-26,53-54H2,1-2H3. The number of nitrogen functional groups attached to an aromatic ring is 2. The summed E-state index contributed by atoms with van der Waals surface area (Å²) in [5.41, 5.74) is 22.3. The predicted octanol–water partition coefficient (Wildman–Crippen LogP) is 15.5. The average Bonchev–Trinajstić information content (AvgIpc) is 3.20. The molecule has 0 saturated heterocycles. The van der Waals surface area contributed by atoms with Gasteiger partial charge in [-0.25, -0.2) is 0 Å². The number of unbranched alkanes of at least 4 members (excludes halogenated alkanes) is 18. The van der Waals surface area contributed by atoms with E-state index >= 15 is 0 Å². The first-order chi connectivity index (χ1) is 26.6. The summed E-state index contributed by atoms with van der Waals surface area (Å²) in [5.74, 6) is 0.853. The highest BCUT2D eigenvalue weighted by Gasteiger charge is 2.16. The Bertz CT molecular complexity index is 1370. The van der Waals surface area contributed by atoms with Crippen molar-refractivity contribution in [3.63, 3.8) is 0 Å². The van der Waals surface area contributed by atoms with Crippen LogP contribution >= 0.6 is 0 Å². The molecule has 0 heterocycles. The first kappa shape index (κ1) is 43.2. The SMILES string of the molecule is CCCCCCCCCCCCC(c1ccc(N)cc1)c1ccc(CCc2ccc(C(CCCCCCCCCCCC)c3ccc(N)cc3)cc2)cc1. The lowest BCUT2D eigenvalue weighted by Crippen LogP contribution is -2.03. The van der Waals surface area contributed by atoms with Crippen LogP contribution in [0.25, 0.3) is 0 Å². The van der Waals surface area contributed by atoms with Crippen LogP contribution < -0.4 is 11.5 Å². The van der Waals surface area contributed by atoms with E-state index in [0.717, 1.165) is 24.2 Å². The predicted molar refractivity (Wildman–Crippen MR) is 239 cm³/mol. The molecule has 4 aromatic carbocycles. The van der Waals surface area contributed by atoms with Crippen molar-refractivity contribution in [2.75, 3.05) is 11.5 Å². The molecule has 0 aromatic heterocycles. The zero-order valence-corrected chi connectivity index (χ0v) is 34.5. The van der Waals surface area contributed by atoms with Gasteiger partial charge in [-0.15, -0.1) is 0 Å². The van der Waals surface area contributed by atoms with Gasteiger partial charge >= 0.3 is 0 Å². The van der Waals surface area contributed by atoms with E-state index in [9.17, 15) is 0 Å². The van der Waals surface area contributed by atoms with E-state index in [0.29, 0.717) is 11.8 Å². The number of nitrogens with two attached hydrogens (primary N) is 2. The molecule has 0 spiro atoms. The molecule has 294 valence electrons. The maximum Gasteiger partial charge on any atom is 0.0314 e. The van der Waals surface area contributed by atoms with Crippen molar-refractivity contribution in [3.8, 4) is 0 Å². The first-order valence-electron chi connectivity index (χ1n) is 22.5. The summed E-state index contributed by atoms with van der Waals surface area (Å²) >= 11 is 0. The summed E-state index contributed by atoms with van der Waals surface area (Å²) in [5, 5.41) is 0. The van der Waals surface area contributed by atoms with Crippen LogP contribution in [-0.4, -0.2) is 0 Å². The van der Waals surface area contributed by atoms with E-state index in [1.807, 2.05) is 0 Å². The number of rotatable bonds is 29. The molecule has 0 radical (unpaired) electrons. The number of hydrogen-bond donors (Lipinski definition) is 2. The van der Waals surface area contributed by atoms with E-state index in [4.69, 9.17) is 11.5 Å². The van der Waals surface area contributed by atoms with E-state index in [1.165, 1.54) is 175 Å². The van der Waals surface area contributed by atoms with E-state index < -0.39 is 0 Å². The van der Waals surface area contributed by atoms with Crippen molar-refractivity contribution in [2.24, 2.45) is 0 Å². The summed E-state index contributed by atoms with van der Waals surface area (Å²) in [4.78, 5) is 0. The highest BCUT2D eigenvalue weighted by Crippen LogP contribution is 2.33. The zero-order chi connectivity index (χ0) is 38.1. The minimum absolute atomic E-state index is 0.426. The summed E-state index contributed by atoms with van der Waals surface area (Å²) in [6.07, 6.45) is 32.0. The molecule has 0 aliphatic carbocycles. The van der Waals surface area contributed by atoms with Gasteiger partial charge in [0, 0.05) is 23.2 Å². The molecule has 4 N–H and O–H groups in total. The second-order valence-corrected chi connectivity index (χ2v) is 16.4. The normalized spacial score (nSPS) is 12.6. The number of benzene rings is 4. The Morgan fingerprint density at radius 3 is 0.833 bits per heavy atom. The lowest BCUT2D eigenvalue weighted by Gasteiger charge is -2.19. The zero-order valence-electron chi connectivity index (χ0n) is 34.5. The second kappa shape index (κ2) is 26.3. The Morgan fingerprint density at radius 1 is 0.315 bits per heavy atom. The largest absolute Gasteiger partial charge is 0.399 e. The number of anilines is 2. The van der Waals surface area contributed by atoms with Gasteiger partial charge in [-0.2, -0.15) is 0 Å². The summed E-state index contributed by atoms with van der Waals surface area (Å²) in [7, 11) is 0. The van der Waals surface area contributed by atoms with E-state index in [2.05, 4.69) is 111 Å². The van der Waals surface area contributed by atoms with Gasteiger partial charge in [0.05, 0.1) is 0 Å². The summed E-state index contributed by atoms with van der Waals surface area (Å²) < 4.78 is 0. The molecular formula is C52H76N2. The summed E-state index contributed by atoms with van der Waals surface area (Å²) in [6, 6.07) is 36.3. The van der Waals surface area contributed by atoms with Crippen molar-refractivity contribution >= 4 is 11.4 Å². The van der Waals surface area contributed by atoms with Crippen LogP contribution in [0.2, 0.25) is 0 Å². The maximum absolute atomic E-state index is 6.07. The molecule has 2 atom stereocenters. The molecule has 0 amide bonds. The highest BCUT2D eigenvalue weighted by molar-refractivity contribution is 5.44. The Morgan fingerprint density at radius 2 is 0.556 bits per heavy atom. The Hall–Kier alpha value is -3.52. The third kappa shape index (κ3) is 16.5. The lowest BCUT2D eigenvalue weighted by atomic mass is 9.85.